The second-order valence-corrected chi connectivity index (χ2v) is 9.95. The Hall–Kier alpha value is -3.31. The van der Waals surface area contributed by atoms with E-state index in [4.69, 9.17) is 16.3 Å². The van der Waals surface area contributed by atoms with Gasteiger partial charge in [0.1, 0.15) is 18.2 Å². The summed E-state index contributed by atoms with van der Waals surface area (Å²) in [6, 6.07) is 11.4. The molecular formula is C22H21ClF2N5O5P. The van der Waals surface area contributed by atoms with Gasteiger partial charge in [-0.25, -0.2) is 4.98 Å². The van der Waals surface area contributed by atoms with E-state index in [9.17, 15) is 23.0 Å². The van der Waals surface area contributed by atoms with E-state index in [1.807, 2.05) is 0 Å². The number of H-pyrrole nitrogens is 1. The predicted octanol–water partition coefficient (Wildman–Crippen LogP) is 4.44. The third kappa shape index (κ3) is 4.85. The lowest BCUT2D eigenvalue weighted by molar-refractivity contribution is 0.0510. The molecule has 0 saturated carbocycles. The lowest BCUT2D eigenvalue weighted by Crippen LogP contribution is -2.17. The van der Waals surface area contributed by atoms with Crippen LogP contribution in [0, 0.1) is 0 Å². The van der Waals surface area contributed by atoms with Gasteiger partial charge in [0.25, 0.3) is 5.56 Å². The Morgan fingerprint density at radius 3 is 2.44 bits per heavy atom. The van der Waals surface area contributed by atoms with Crippen LogP contribution in [-0.2, 0) is 21.3 Å². The number of aromatic nitrogens is 4. The van der Waals surface area contributed by atoms with E-state index in [0.717, 1.165) is 19.2 Å². The molecule has 190 valence electrons. The summed E-state index contributed by atoms with van der Waals surface area (Å²) in [5, 5.41) is 3.30. The molecule has 0 aliphatic rings. The number of nitrogens with one attached hydrogen (secondary N) is 2. The third-order valence-electron chi connectivity index (χ3n) is 5.34. The van der Waals surface area contributed by atoms with Gasteiger partial charge in [0.15, 0.2) is 11.2 Å². The van der Waals surface area contributed by atoms with Crippen LogP contribution in [0.15, 0.2) is 53.3 Å². The molecule has 14 heteroatoms. The van der Waals surface area contributed by atoms with Crippen molar-refractivity contribution >= 4 is 36.3 Å². The molecule has 0 bridgehead atoms. The first-order valence-corrected chi connectivity index (χ1v) is 12.5. The van der Waals surface area contributed by atoms with Gasteiger partial charge in [0.05, 0.1) is 6.54 Å². The number of rotatable bonds is 9. The summed E-state index contributed by atoms with van der Waals surface area (Å²) in [5.41, 5.74) is -4.61. The van der Waals surface area contributed by atoms with Crippen molar-refractivity contribution in [3.05, 3.63) is 69.5 Å². The minimum absolute atomic E-state index is 0.137. The van der Waals surface area contributed by atoms with Gasteiger partial charge in [-0.2, -0.15) is 13.8 Å². The van der Waals surface area contributed by atoms with E-state index in [0.29, 0.717) is 16.3 Å². The molecule has 1 unspecified atom stereocenters. The maximum absolute atomic E-state index is 14.5. The quantitative estimate of drug-likeness (QED) is 0.266. The minimum Gasteiger partial charge on any atom is -0.492 e. The average molecular weight is 540 g/mol. The third-order valence-corrected chi connectivity index (χ3v) is 7.06. The first-order chi connectivity index (χ1) is 17.1. The Kier molecular flexibility index (Phi) is 7.14. The molecule has 1 atom stereocenters. The lowest BCUT2D eigenvalue weighted by atomic mass is 10.1. The van der Waals surface area contributed by atoms with E-state index in [-0.39, 0.29) is 36.1 Å². The molecule has 0 radical (unpaired) electrons. The zero-order valence-electron chi connectivity index (χ0n) is 19.0. The normalized spacial score (nSPS) is 13.5. The van der Waals surface area contributed by atoms with Crippen LogP contribution in [0.5, 0.6) is 5.75 Å². The highest BCUT2D eigenvalue weighted by Gasteiger charge is 2.52. The maximum Gasteiger partial charge on any atom is 0.401 e. The summed E-state index contributed by atoms with van der Waals surface area (Å²) < 4.78 is 52.1. The number of fused-ring (bicyclic) bond motifs is 1. The van der Waals surface area contributed by atoms with Crippen LogP contribution in [0.2, 0.25) is 5.02 Å². The fourth-order valence-corrected chi connectivity index (χ4v) is 4.31. The largest absolute Gasteiger partial charge is 0.492 e. The molecule has 4 aromatic rings. The zero-order chi connectivity index (χ0) is 26.1. The molecule has 0 aliphatic carbocycles. The lowest BCUT2D eigenvalue weighted by Gasteiger charge is -2.21. The van der Waals surface area contributed by atoms with Crippen molar-refractivity contribution in [3.8, 4) is 17.1 Å². The molecular weight excluding hydrogens is 519 g/mol. The summed E-state index contributed by atoms with van der Waals surface area (Å²) in [6.45, 7) is 0.316. The number of benzene rings is 2. The Bertz CT molecular complexity index is 1490. The summed E-state index contributed by atoms with van der Waals surface area (Å²) >= 11 is 5.89. The van der Waals surface area contributed by atoms with Gasteiger partial charge in [0, 0.05) is 30.3 Å². The predicted molar refractivity (Wildman–Crippen MR) is 131 cm³/mol. The number of aromatic amines is 1. The first kappa shape index (κ1) is 25.8. The van der Waals surface area contributed by atoms with E-state index in [1.165, 1.54) is 12.1 Å². The van der Waals surface area contributed by atoms with Crippen LogP contribution in [0.4, 0.5) is 14.7 Å². The number of ether oxygens (including phenoxy) is 1. The molecule has 0 fully saturated rings. The number of hydrogen-bond donors (Lipinski definition) is 3. The fourth-order valence-electron chi connectivity index (χ4n) is 3.48. The minimum atomic E-state index is -5.22. The topological polar surface area (TPSA) is 131 Å². The van der Waals surface area contributed by atoms with Crippen molar-refractivity contribution in [2.24, 2.45) is 0 Å². The van der Waals surface area contributed by atoms with Gasteiger partial charge in [-0.3, -0.25) is 14.3 Å². The average Bonchev–Trinajstić information content (AvgIpc) is 3.24. The highest BCUT2D eigenvalue weighted by molar-refractivity contribution is 7.53. The molecule has 36 heavy (non-hydrogen) atoms. The molecule has 10 nitrogen and oxygen atoms in total. The molecule has 3 N–H and O–H groups in total. The zero-order valence-corrected chi connectivity index (χ0v) is 20.7. The second-order valence-electron chi connectivity index (χ2n) is 7.55. The molecule has 0 saturated heterocycles. The van der Waals surface area contributed by atoms with Crippen LogP contribution < -0.4 is 15.6 Å². The van der Waals surface area contributed by atoms with Crippen LogP contribution in [0.1, 0.15) is 5.56 Å². The van der Waals surface area contributed by atoms with Crippen molar-refractivity contribution in [2.45, 2.75) is 12.2 Å². The van der Waals surface area contributed by atoms with Gasteiger partial charge >= 0.3 is 13.3 Å². The standard InChI is InChI=1S/C22H21ClF2N5O5P/c1-26-21-28-18-17(20(31)29-21)30(11-12-35-16-9-7-15(23)8-10-16)19(27-18)13-3-5-14(6-4-13)22(24,25)36(32,33)34-2/h3-10H,11-12H2,1-2H3,(H,32,33)(H2,26,28,29,31). The Balaban J connectivity index is 1.73. The van der Waals surface area contributed by atoms with Crippen molar-refractivity contribution in [1.29, 1.82) is 0 Å². The number of anilines is 1. The van der Waals surface area contributed by atoms with Gasteiger partial charge in [-0.05, 0) is 24.3 Å². The van der Waals surface area contributed by atoms with Crippen molar-refractivity contribution in [1.82, 2.24) is 19.5 Å². The summed E-state index contributed by atoms with van der Waals surface area (Å²) in [6.07, 6.45) is 0. The van der Waals surface area contributed by atoms with Crippen LogP contribution in [0.3, 0.4) is 0 Å². The Labute approximate surface area is 208 Å². The Morgan fingerprint density at radius 1 is 1.17 bits per heavy atom. The van der Waals surface area contributed by atoms with Gasteiger partial charge in [-0.1, -0.05) is 35.9 Å². The van der Waals surface area contributed by atoms with Crippen LogP contribution >= 0.6 is 19.2 Å². The molecule has 0 spiro atoms. The van der Waals surface area contributed by atoms with Crippen molar-refractivity contribution in [3.63, 3.8) is 0 Å². The molecule has 2 aromatic heterocycles. The van der Waals surface area contributed by atoms with Gasteiger partial charge < -0.3 is 24.0 Å². The van der Waals surface area contributed by atoms with Crippen molar-refractivity contribution in [2.75, 3.05) is 26.1 Å². The number of nitrogens with zero attached hydrogens (tertiary/aromatic N) is 3. The van der Waals surface area contributed by atoms with Crippen LogP contribution in [-0.4, -0.2) is 45.2 Å². The van der Waals surface area contributed by atoms with Crippen LogP contribution in [0.25, 0.3) is 22.6 Å². The smallest absolute Gasteiger partial charge is 0.401 e. The highest BCUT2D eigenvalue weighted by atomic mass is 35.5. The Morgan fingerprint density at radius 2 is 1.83 bits per heavy atom. The van der Waals surface area contributed by atoms with E-state index < -0.39 is 24.4 Å². The van der Waals surface area contributed by atoms with Gasteiger partial charge in [0.2, 0.25) is 5.95 Å². The molecule has 4 rings (SSSR count). The summed E-state index contributed by atoms with van der Waals surface area (Å²) in [4.78, 5) is 33.6. The molecule has 2 aromatic carbocycles. The monoisotopic (exact) mass is 539 g/mol. The highest BCUT2D eigenvalue weighted by Crippen LogP contribution is 2.62. The maximum atomic E-state index is 14.5. The van der Waals surface area contributed by atoms with E-state index >= 15 is 0 Å². The number of hydrogen-bond acceptors (Lipinski definition) is 7. The number of halogens is 3. The van der Waals surface area contributed by atoms with Crippen molar-refractivity contribution < 1.29 is 27.5 Å². The first-order valence-electron chi connectivity index (χ1n) is 10.5. The fraction of sp³-hybridized carbons (Fsp3) is 0.227. The summed E-state index contributed by atoms with van der Waals surface area (Å²) in [7, 11) is -2.90. The van der Waals surface area contributed by atoms with Gasteiger partial charge in [-0.15, -0.1) is 0 Å². The number of alkyl halides is 2. The van der Waals surface area contributed by atoms with E-state index in [2.05, 4.69) is 24.8 Å². The summed E-state index contributed by atoms with van der Waals surface area (Å²) in [5.74, 6) is 1.03. The van der Waals surface area contributed by atoms with E-state index in [1.54, 1.807) is 35.9 Å². The molecule has 2 heterocycles. The number of imidazole rings is 1. The molecule has 0 aliphatic heterocycles. The molecule has 0 amide bonds. The SMILES string of the molecule is CNc1nc2nc(-c3ccc(C(F)(F)P(=O)(O)OC)cc3)n(CCOc3ccc(Cl)cc3)c2c(=O)[nH]1. The second kappa shape index (κ2) is 9.98.